The van der Waals surface area contributed by atoms with Gasteiger partial charge in [-0.1, -0.05) is 23.7 Å². The highest BCUT2D eigenvalue weighted by atomic mass is 35.5. The second-order valence-electron chi connectivity index (χ2n) is 7.04. The first kappa shape index (κ1) is 19.7. The van der Waals surface area contributed by atoms with Crippen LogP contribution in [-0.4, -0.2) is 49.1 Å². The number of nitrogens with one attached hydrogen (secondary N) is 1. The molecule has 1 saturated carbocycles. The number of rotatable bonds is 6. The first-order valence-electron chi connectivity index (χ1n) is 8.65. The van der Waals surface area contributed by atoms with E-state index in [1.54, 1.807) is 0 Å². The van der Waals surface area contributed by atoms with Crippen molar-refractivity contribution in [1.29, 1.82) is 0 Å². The molecule has 0 atom stereocenters. The largest absolute Gasteiger partial charge is 0.456 e. The quantitative estimate of drug-likeness (QED) is 0.786. The van der Waals surface area contributed by atoms with E-state index in [0.717, 1.165) is 37.1 Å². The first-order chi connectivity index (χ1) is 11.8. The predicted molar refractivity (Wildman–Crippen MR) is 98.6 cm³/mol. The number of esters is 1. The van der Waals surface area contributed by atoms with E-state index in [0.29, 0.717) is 0 Å². The van der Waals surface area contributed by atoms with Gasteiger partial charge in [-0.25, -0.2) is 0 Å². The fraction of sp³-hybridized carbons (Fsp3) is 0.579. The van der Waals surface area contributed by atoms with Gasteiger partial charge in [0.2, 0.25) is 0 Å². The summed E-state index contributed by atoms with van der Waals surface area (Å²) in [5.41, 5.74) is 1.36. The molecule has 1 amide bonds. The van der Waals surface area contributed by atoms with Crippen LogP contribution in [0.15, 0.2) is 24.3 Å². The van der Waals surface area contributed by atoms with Crippen LogP contribution in [0.3, 0.4) is 0 Å². The van der Waals surface area contributed by atoms with Gasteiger partial charge in [-0.05, 0) is 63.9 Å². The van der Waals surface area contributed by atoms with Crippen LogP contribution in [0.25, 0.3) is 0 Å². The average Bonchev–Trinajstić information content (AvgIpc) is 2.57. The van der Waals surface area contributed by atoms with Crippen molar-refractivity contribution in [2.24, 2.45) is 0 Å². The lowest BCUT2D eigenvalue weighted by Crippen LogP contribution is -2.52. The lowest BCUT2D eigenvalue weighted by Gasteiger charge is -2.45. The van der Waals surface area contributed by atoms with E-state index in [1.165, 1.54) is 12.5 Å². The van der Waals surface area contributed by atoms with Crippen molar-refractivity contribution in [3.63, 3.8) is 0 Å². The Hall–Kier alpha value is -1.59. The van der Waals surface area contributed by atoms with Crippen LogP contribution in [0.4, 0.5) is 0 Å². The van der Waals surface area contributed by atoms with Crippen molar-refractivity contribution >= 4 is 23.5 Å². The SMILES string of the molecule is CC(=O)OCC(=O)NC1CCC(Cc2ccc(Cl)cc2)(N(C)C)CC1. The number of carbonyl (C=O) groups is 2. The van der Waals surface area contributed by atoms with Crippen LogP contribution in [0.2, 0.25) is 5.02 Å². The number of carbonyl (C=O) groups excluding carboxylic acids is 2. The smallest absolute Gasteiger partial charge is 0.303 e. The van der Waals surface area contributed by atoms with Crippen LogP contribution in [0.5, 0.6) is 0 Å². The molecule has 6 heteroatoms. The van der Waals surface area contributed by atoms with Gasteiger partial charge >= 0.3 is 5.97 Å². The summed E-state index contributed by atoms with van der Waals surface area (Å²) in [5.74, 6) is -0.663. The van der Waals surface area contributed by atoms with Gasteiger partial charge in [0.1, 0.15) is 0 Å². The Morgan fingerprint density at radius 3 is 2.36 bits per heavy atom. The van der Waals surface area contributed by atoms with Crippen molar-refractivity contribution in [2.75, 3.05) is 20.7 Å². The third-order valence-electron chi connectivity index (χ3n) is 5.08. The third kappa shape index (κ3) is 5.72. The summed E-state index contributed by atoms with van der Waals surface area (Å²) in [7, 11) is 4.24. The molecule has 0 saturated heterocycles. The van der Waals surface area contributed by atoms with Crippen LogP contribution < -0.4 is 5.32 Å². The molecule has 0 aromatic heterocycles. The van der Waals surface area contributed by atoms with Gasteiger partial charge in [-0.2, -0.15) is 0 Å². The second-order valence-corrected chi connectivity index (χ2v) is 7.48. The molecular weight excluding hydrogens is 340 g/mol. The summed E-state index contributed by atoms with van der Waals surface area (Å²) >= 11 is 5.98. The van der Waals surface area contributed by atoms with Crippen molar-refractivity contribution in [3.05, 3.63) is 34.9 Å². The summed E-state index contributed by atoms with van der Waals surface area (Å²) < 4.78 is 4.74. The standard InChI is InChI=1S/C19H27ClN2O3/c1-14(23)25-13-18(24)21-17-8-10-19(11-9-17,22(2)3)12-15-4-6-16(20)7-5-15/h4-7,17H,8-13H2,1-3H3,(H,21,24). The molecule has 1 aliphatic rings. The number of hydrogen-bond donors (Lipinski definition) is 1. The number of nitrogens with zero attached hydrogens (tertiary/aromatic N) is 1. The summed E-state index contributed by atoms with van der Waals surface area (Å²) in [6.07, 6.45) is 4.79. The molecular formula is C19H27ClN2O3. The van der Waals surface area contributed by atoms with Gasteiger partial charge in [-0.3, -0.25) is 9.59 Å². The van der Waals surface area contributed by atoms with E-state index in [9.17, 15) is 9.59 Å². The Kier molecular flexibility index (Phi) is 6.85. The molecule has 0 aliphatic heterocycles. The zero-order valence-corrected chi connectivity index (χ0v) is 15.9. The molecule has 0 bridgehead atoms. The molecule has 1 aliphatic carbocycles. The summed E-state index contributed by atoms with van der Waals surface area (Å²) in [5, 5.41) is 3.72. The Balaban J connectivity index is 1.92. The third-order valence-corrected chi connectivity index (χ3v) is 5.34. The van der Waals surface area contributed by atoms with E-state index in [1.807, 2.05) is 12.1 Å². The van der Waals surface area contributed by atoms with Gasteiger partial charge in [-0.15, -0.1) is 0 Å². The molecule has 0 spiro atoms. The van der Waals surface area contributed by atoms with Gasteiger partial charge < -0.3 is 15.0 Å². The average molecular weight is 367 g/mol. The molecule has 1 N–H and O–H groups in total. The fourth-order valence-corrected chi connectivity index (χ4v) is 3.63. The van der Waals surface area contributed by atoms with E-state index < -0.39 is 5.97 Å². The number of benzene rings is 1. The molecule has 0 unspecified atom stereocenters. The lowest BCUT2D eigenvalue weighted by molar-refractivity contribution is -0.146. The number of amides is 1. The van der Waals surface area contributed by atoms with E-state index >= 15 is 0 Å². The predicted octanol–water partition coefficient (Wildman–Crippen LogP) is 2.80. The zero-order valence-electron chi connectivity index (χ0n) is 15.2. The first-order valence-corrected chi connectivity index (χ1v) is 9.03. The second kappa shape index (κ2) is 8.68. The molecule has 1 aromatic carbocycles. The monoisotopic (exact) mass is 366 g/mol. The van der Waals surface area contributed by atoms with Crippen molar-refractivity contribution in [2.45, 2.75) is 50.6 Å². The number of hydrogen-bond acceptors (Lipinski definition) is 4. The van der Waals surface area contributed by atoms with Gasteiger partial charge in [0, 0.05) is 23.5 Å². The molecule has 1 aromatic rings. The van der Waals surface area contributed by atoms with Gasteiger partial charge in [0.15, 0.2) is 6.61 Å². The Bertz CT molecular complexity index is 593. The summed E-state index contributed by atoms with van der Waals surface area (Å²) in [4.78, 5) is 24.9. The molecule has 5 nitrogen and oxygen atoms in total. The molecule has 0 heterocycles. The summed E-state index contributed by atoms with van der Waals surface area (Å²) in [6.45, 7) is 1.10. The van der Waals surface area contributed by atoms with Crippen molar-refractivity contribution in [1.82, 2.24) is 10.2 Å². The van der Waals surface area contributed by atoms with Crippen LogP contribution in [-0.2, 0) is 20.7 Å². The maximum absolute atomic E-state index is 11.8. The minimum Gasteiger partial charge on any atom is -0.456 e. The van der Waals surface area contributed by atoms with E-state index in [-0.39, 0.29) is 24.1 Å². The molecule has 0 radical (unpaired) electrons. The normalized spacial score (nSPS) is 23.3. The van der Waals surface area contributed by atoms with Crippen LogP contribution in [0.1, 0.15) is 38.2 Å². The zero-order chi connectivity index (χ0) is 18.4. The summed E-state index contributed by atoms with van der Waals surface area (Å²) in [6, 6.07) is 8.17. The highest BCUT2D eigenvalue weighted by Gasteiger charge is 2.37. The Labute approximate surface area is 154 Å². The van der Waals surface area contributed by atoms with E-state index in [4.69, 9.17) is 16.3 Å². The minimum atomic E-state index is -0.437. The minimum absolute atomic E-state index is 0.0882. The van der Waals surface area contributed by atoms with Crippen LogP contribution >= 0.6 is 11.6 Å². The van der Waals surface area contributed by atoms with Crippen molar-refractivity contribution in [3.8, 4) is 0 Å². The Morgan fingerprint density at radius 2 is 1.84 bits per heavy atom. The number of likely N-dealkylation sites (N-methyl/N-ethyl adjacent to an activating group) is 1. The van der Waals surface area contributed by atoms with Crippen molar-refractivity contribution < 1.29 is 14.3 Å². The molecule has 138 valence electrons. The molecule has 2 rings (SSSR count). The molecule has 1 fully saturated rings. The molecule has 25 heavy (non-hydrogen) atoms. The fourth-order valence-electron chi connectivity index (χ4n) is 3.50. The Morgan fingerprint density at radius 1 is 1.24 bits per heavy atom. The lowest BCUT2D eigenvalue weighted by atomic mass is 9.75. The van der Waals surface area contributed by atoms with Crippen LogP contribution in [0, 0.1) is 0 Å². The maximum atomic E-state index is 11.8. The highest BCUT2D eigenvalue weighted by molar-refractivity contribution is 6.30. The van der Waals surface area contributed by atoms with Gasteiger partial charge in [0.25, 0.3) is 5.91 Å². The van der Waals surface area contributed by atoms with Gasteiger partial charge in [0.05, 0.1) is 0 Å². The number of ether oxygens (including phenoxy) is 1. The van der Waals surface area contributed by atoms with E-state index in [2.05, 4.69) is 36.4 Å². The number of halogens is 1. The highest BCUT2D eigenvalue weighted by Crippen LogP contribution is 2.35. The maximum Gasteiger partial charge on any atom is 0.303 e. The topological polar surface area (TPSA) is 58.6 Å².